The topological polar surface area (TPSA) is 81.0 Å². The lowest BCUT2D eigenvalue weighted by Crippen LogP contribution is -2.09. The Morgan fingerprint density at radius 3 is 2.57 bits per heavy atom. The molecule has 0 aliphatic carbocycles. The second kappa shape index (κ2) is 9.87. The zero-order chi connectivity index (χ0) is 19.6. The van der Waals surface area contributed by atoms with Crippen LogP contribution in [0.15, 0.2) is 84.3 Å². The van der Waals surface area contributed by atoms with E-state index in [1.54, 1.807) is 24.5 Å². The number of carbonyl (C=O) groups is 1. The highest BCUT2D eigenvalue weighted by atomic mass is 16.6. The summed E-state index contributed by atoms with van der Waals surface area (Å²) in [4.78, 5) is 20.3. The molecule has 0 aliphatic heterocycles. The number of oxime groups is 1. The van der Waals surface area contributed by atoms with Gasteiger partial charge in [0.2, 0.25) is 0 Å². The van der Waals surface area contributed by atoms with Crippen molar-refractivity contribution < 1.29 is 19.5 Å². The molecule has 3 rings (SSSR count). The van der Waals surface area contributed by atoms with Crippen molar-refractivity contribution in [2.75, 3.05) is 13.2 Å². The van der Waals surface area contributed by atoms with E-state index in [0.717, 1.165) is 16.7 Å². The van der Waals surface area contributed by atoms with Crippen LogP contribution < -0.4 is 4.74 Å². The number of rotatable bonds is 9. The maximum atomic E-state index is 10.6. The Morgan fingerprint density at radius 1 is 1.00 bits per heavy atom. The number of pyridine rings is 1. The predicted octanol–water partition coefficient (Wildman–Crippen LogP) is 3.56. The first-order valence-corrected chi connectivity index (χ1v) is 8.81. The molecule has 0 fully saturated rings. The van der Waals surface area contributed by atoms with Crippen LogP contribution in [0, 0.1) is 0 Å². The Balaban J connectivity index is 1.65. The van der Waals surface area contributed by atoms with Crippen molar-refractivity contribution in [3.8, 4) is 5.75 Å². The minimum absolute atomic E-state index is 0.365. The lowest BCUT2D eigenvalue weighted by molar-refractivity contribution is -0.139. The van der Waals surface area contributed by atoms with Crippen LogP contribution in [0.5, 0.6) is 5.75 Å². The highest BCUT2D eigenvalue weighted by molar-refractivity contribution is 6.12. The van der Waals surface area contributed by atoms with Gasteiger partial charge in [-0.1, -0.05) is 47.6 Å². The van der Waals surface area contributed by atoms with E-state index in [1.807, 2.05) is 54.6 Å². The first kappa shape index (κ1) is 19.1. The fraction of sp³-hybridized carbons (Fsp3) is 0.136. The van der Waals surface area contributed by atoms with Crippen molar-refractivity contribution in [1.29, 1.82) is 0 Å². The van der Waals surface area contributed by atoms with E-state index in [1.165, 1.54) is 0 Å². The lowest BCUT2D eigenvalue weighted by Gasteiger charge is -2.08. The summed E-state index contributed by atoms with van der Waals surface area (Å²) in [6, 6.07) is 20.9. The van der Waals surface area contributed by atoms with Gasteiger partial charge >= 0.3 is 5.97 Å². The van der Waals surface area contributed by atoms with E-state index in [2.05, 4.69) is 10.1 Å². The van der Waals surface area contributed by atoms with Gasteiger partial charge in [-0.05, 0) is 29.8 Å². The third-order valence-electron chi connectivity index (χ3n) is 3.88. The summed E-state index contributed by atoms with van der Waals surface area (Å²) >= 11 is 0. The monoisotopic (exact) mass is 376 g/mol. The van der Waals surface area contributed by atoms with Gasteiger partial charge in [0.05, 0.1) is 0 Å². The molecule has 142 valence electrons. The second-order valence-electron chi connectivity index (χ2n) is 5.96. The van der Waals surface area contributed by atoms with E-state index in [4.69, 9.17) is 14.7 Å². The fourth-order valence-corrected chi connectivity index (χ4v) is 2.58. The number of carboxylic acids is 1. The van der Waals surface area contributed by atoms with Gasteiger partial charge in [-0.2, -0.15) is 0 Å². The van der Waals surface area contributed by atoms with Crippen molar-refractivity contribution in [3.05, 3.63) is 95.8 Å². The van der Waals surface area contributed by atoms with Crippen molar-refractivity contribution >= 4 is 11.7 Å². The Bertz CT molecular complexity index is 886. The van der Waals surface area contributed by atoms with Gasteiger partial charge in [-0.15, -0.1) is 0 Å². The van der Waals surface area contributed by atoms with Gasteiger partial charge in [0.1, 0.15) is 18.1 Å². The van der Waals surface area contributed by atoms with Crippen LogP contribution >= 0.6 is 0 Å². The molecule has 0 saturated carbocycles. The SMILES string of the molecule is O=C(O)COc1cccc(CCO/N=C(/c2ccccc2)c2cccnc2)c1. The van der Waals surface area contributed by atoms with Gasteiger partial charge in [0.15, 0.2) is 6.61 Å². The molecule has 1 N–H and O–H groups in total. The first-order chi connectivity index (χ1) is 13.7. The summed E-state index contributed by atoms with van der Waals surface area (Å²) in [5.74, 6) is -0.490. The molecular weight excluding hydrogens is 356 g/mol. The summed E-state index contributed by atoms with van der Waals surface area (Å²) in [5.41, 5.74) is 3.50. The molecule has 3 aromatic rings. The van der Waals surface area contributed by atoms with Gasteiger partial charge in [-0.25, -0.2) is 4.79 Å². The molecule has 0 unspecified atom stereocenters. The first-order valence-electron chi connectivity index (χ1n) is 8.81. The molecule has 28 heavy (non-hydrogen) atoms. The van der Waals surface area contributed by atoms with Crippen LogP contribution in [0.4, 0.5) is 0 Å². The number of ether oxygens (including phenoxy) is 1. The van der Waals surface area contributed by atoms with Crippen molar-refractivity contribution in [3.63, 3.8) is 0 Å². The van der Waals surface area contributed by atoms with E-state index < -0.39 is 5.97 Å². The smallest absolute Gasteiger partial charge is 0.341 e. The largest absolute Gasteiger partial charge is 0.482 e. The molecule has 6 nitrogen and oxygen atoms in total. The lowest BCUT2D eigenvalue weighted by atomic mass is 10.0. The number of nitrogens with zero attached hydrogens (tertiary/aromatic N) is 2. The fourth-order valence-electron chi connectivity index (χ4n) is 2.58. The van der Waals surface area contributed by atoms with E-state index in [9.17, 15) is 4.79 Å². The molecule has 6 heteroatoms. The zero-order valence-corrected chi connectivity index (χ0v) is 15.2. The minimum Gasteiger partial charge on any atom is -0.482 e. The van der Waals surface area contributed by atoms with Crippen LogP contribution in [-0.2, 0) is 16.1 Å². The van der Waals surface area contributed by atoms with Crippen LogP contribution in [0.1, 0.15) is 16.7 Å². The number of benzene rings is 2. The third kappa shape index (κ3) is 5.67. The number of aliphatic carboxylic acids is 1. The van der Waals surface area contributed by atoms with Crippen LogP contribution in [0.25, 0.3) is 0 Å². The Hall–Kier alpha value is -3.67. The highest BCUT2D eigenvalue weighted by Gasteiger charge is 2.08. The maximum Gasteiger partial charge on any atom is 0.341 e. The summed E-state index contributed by atoms with van der Waals surface area (Å²) in [7, 11) is 0. The van der Waals surface area contributed by atoms with Gasteiger partial charge in [-0.3, -0.25) is 4.98 Å². The molecular formula is C22H20N2O4. The summed E-state index contributed by atoms with van der Waals surface area (Å²) in [5, 5.41) is 13.0. The van der Waals surface area contributed by atoms with E-state index in [0.29, 0.717) is 24.5 Å². The molecule has 0 radical (unpaired) electrons. The second-order valence-corrected chi connectivity index (χ2v) is 5.96. The van der Waals surface area contributed by atoms with Crippen molar-refractivity contribution in [2.24, 2.45) is 5.16 Å². The molecule has 1 aromatic heterocycles. The summed E-state index contributed by atoms with van der Waals surface area (Å²) < 4.78 is 5.19. The number of carboxylic acid groups (broad SMARTS) is 1. The normalized spacial score (nSPS) is 11.1. The summed E-state index contributed by atoms with van der Waals surface area (Å²) in [6.45, 7) is 0.00870. The zero-order valence-electron chi connectivity index (χ0n) is 15.2. The van der Waals surface area contributed by atoms with E-state index in [-0.39, 0.29) is 6.61 Å². The molecule has 0 amide bonds. The molecule has 0 bridgehead atoms. The van der Waals surface area contributed by atoms with Crippen molar-refractivity contribution in [1.82, 2.24) is 4.98 Å². The molecule has 0 atom stereocenters. The molecule has 0 saturated heterocycles. The average molecular weight is 376 g/mol. The molecule has 0 aliphatic rings. The van der Waals surface area contributed by atoms with Gasteiger partial charge < -0.3 is 14.7 Å². The third-order valence-corrected chi connectivity index (χ3v) is 3.88. The number of hydrogen-bond donors (Lipinski definition) is 1. The average Bonchev–Trinajstić information content (AvgIpc) is 2.74. The number of hydrogen-bond acceptors (Lipinski definition) is 5. The van der Waals surface area contributed by atoms with Crippen LogP contribution in [-0.4, -0.2) is 35.0 Å². The van der Waals surface area contributed by atoms with Crippen LogP contribution in [0.3, 0.4) is 0 Å². The Labute approximate surface area is 163 Å². The molecule has 2 aromatic carbocycles. The predicted molar refractivity (Wildman–Crippen MR) is 106 cm³/mol. The quantitative estimate of drug-likeness (QED) is 0.351. The molecule has 1 heterocycles. The maximum absolute atomic E-state index is 10.6. The Kier molecular flexibility index (Phi) is 6.73. The molecule has 0 spiro atoms. The van der Waals surface area contributed by atoms with Gasteiger partial charge in [0, 0.05) is 29.9 Å². The Morgan fingerprint density at radius 2 is 1.82 bits per heavy atom. The minimum atomic E-state index is -1.01. The van der Waals surface area contributed by atoms with Crippen molar-refractivity contribution in [2.45, 2.75) is 6.42 Å². The number of aromatic nitrogens is 1. The standard InChI is InChI=1S/C22H20N2O4/c25-21(26)16-27-20-10-4-6-17(14-20)11-13-28-24-22(18-7-2-1-3-8-18)19-9-5-12-23-15-19/h1-10,12,14-15H,11,13,16H2,(H,25,26)/b24-22-. The highest BCUT2D eigenvalue weighted by Crippen LogP contribution is 2.14. The summed E-state index contributed by atoms with van der Waals surface area (Å²) in [6.07, 6.45) is 4.08. The van der Waals surface area contributed by atoms with Gasteiger partial charge in [0.25, 0.3) is 0 Å². The van der Waals surface area contributed by atoms with Crippen LogP contribution in [0.2, 0.25) is 0 Å². The van der Waals surface area contributed by atoms with E-state index >= 15 is 0 Å².